The first-order valence-electron chi connectivity index (χ1n) is 11.2. The van der Waals surface area contributed by atoms with E-state index in [1.165, 1.54) is 30.5 Å². The summed E-state index contributed by atoms with van der Waals surface area (Å²) in [6, 6.07) is 19.9. The maximum Gasteiger partial charge on any atom is 0.220 e. The van der Waals surface area contributed by atoms with Crippen molar-refractivity contribution >= 4 is 10.0 Å². The van der Waals surface area contributed by atoms with E-state index in [0.717, 1.165) is 17.2 Å². The van der Waals surface area contributed by atoms with Crippen LogP contribution in [0.25, 0.3) is 0 Å². The molecule has 3 aromatic rings. The summed E-state index contributed by atoms with van der Waals surface area (Å²) in [4.78, 5) is 0. The van der Waals surface area contributed by atoms with E-state index in [1.807, 2.05) is 30.3 Å². The smallest absolute Gasteiger partial charge is 0.220 e. The van der Waals surface area contributed by atoms with Crippen LogP contribution in [0.4, 0.5) is 4.39 Å². The third kappa shape index (κ3) is 6.21. The molecule has 0 amide bonds. The van der Waals surface area contributed by atoms with Gasteiger partial charge in [-0.3, -0.25) is 0 Å². The summed E-state index contributed by atoms with van der Waals surface area (Å²) >= 11 is 0. The zero-order valence-corrected chi connectivity index (χ0v) is 21.5. The van der Waals surface area contributed by atoms with Gasteiger partial charge in [-0.25, -0.2) is 12.8 Å². The molecule has 9 heteroatoms. The maximum atomic E-state index is 14.0. The van der Waals surface area contributed by atoms with Gasteiger partial charge >= 0.3 is 0 Å². The average Bonchev–Trinajstić information content (AvgIpc) is 2.90. The number of sulfonamides is 1. The molecule has 0 bridgehead atoms. The second kappa shape index (κ2) is 12.0. The summed E-state index contributed by atoms with van der Waals surface area (Å²) in [6.45, 7) is 1.74. The second-order valence-corrected chi connectivity index (χ2v) is 10.5. The second-order valence-electron chi connectivity index (χ2n) is 8.21. The molecule has 0 saturated carbocycles. The van der Waals surface area contributed by atoms with Crippen LogP contribution >= 0.6 is 0 Å². The SMILES string of the molecule is COc1ccc(CN(Cc2ccc(OC)cc2)S(=O)(=O)[C@@H](C)[C@@H](OC)c2ccc(F)cc2C#N)cc1. The number of rotatable bonds is 11. The first-order valence-corrected chi connectivity index (χ1v) is 12.7. The van der Waals surface area contributed by atoms with Gasteiger partial charge in [0.05, 0.1) is 25.9 Å². The van der Waals surface area contributed by atoms with Crippen molar-refractivity contribution in [1.82, 2.24) is 4.31 Å². The number of hydrogen-bond acceptors (Lipinski definition) is 6. The van der Waals surface area contributed by atoms with Crippen molar-refractivity contribution in [1.29, 1.82) is 5.26 Å². The fourth-order valence-electron chi connectivity index (χ4n) is 3.94. The van der Waals surface area contributed by atoms with E-state index in [0.29, 0.717) is 17.1 Å². The quantitative estimate of drug-likeness (QED) is 0.366. The highest BCUT2D eigenvalue weighted by molar-refractivity contribution is 7.89. The van der Waals surface area contributed by atoms with Crippen LogP contribution in [0, 0.1) is 17.1 Å². The lowest BCUT2D eigenvalue weighted by molar-refractivity contribution is 0.100. The predicted octanol–water partition coefficient (Wildman–Crippen LogP) is 4.82. The predicted molar refractivity (Wildman–Crippen MR) is 134 cm³/mol. The lowest BCUT2D eigenvalue weighted by Gasteiger charge is -2.30. The summed E-state index contributed by atoms with van der Waals surface area (Å²) in [5.74, 6) is 0.745. The van der Waals surface area contributed by atoms with Crippen LogP contribution in [-0.2, 0) is 27.8 Å². The maximum absolute atomic E-state index is 14.0. The third-order valence-electron chi connectivity index (χ3n) is 5.99. The van der Waals surface area contributed by atoms with E-state index in [2.05, 4.69) is 0 Å². The zero-order chi connectivity index (χ0) is 26.3. The molecular formula is C27H29FN2O5S. The van der Waals surface area contributed by atoms with Crippen LogP contribution in [0.1, 0.15) is 35.3 Å². The van der Waals surface area contributed by atoms with Crippen LogP contribution < -0.4 is 9.47 Å². The molecule has 0 aromatic heterocycles. The van der Waals surface area contributed by atoms with Gasteiger partial charge in [0.1, 0.15) is 28.7 Å². The molecule has 0 aliphatic heterocycles. The minimum Gasteiger partial charge on any atom is -0.497 e. The van der Waals surface area contributed by atoms with Crippen LogP contribution in [-0.4, -0.2) is 39.3 Å². The van der Waals surface area contributed by atoms with Crippen molar-refractivity contribution in [3.8, 4) is 17.6 Å². The first-order chi connectivity index (χ1) is 17.2. The topological polar surface area (TPSA) is 88.9 Å². The van der Waals surface area contributed by atoms with E-state index in [9.17, 15) is 18.1 Å². The molecule has 0 radical (unpaired) electrons. The van der Waals surface area contributed by atoms with Crippen molar-refractivity contribution in [3.63, 3.8) is 0 Å². The van der Waals surface area contributed by atoms with E-state index in [1.54, 1.807) is 38.5 Å². The van der Waals surface area contributed by atoms with Gasteiger partial charge in [-0.15, -0.1) is 0 Å². The Kier molecular flexibility index (Phi) is 9.04. The molecule has 7 nitrogen and oxygen atoms in total. The van der Waals surface area contributed by atoms with Crippen LogP contribution in [0.5, 0.6) is 11.5 Å². The first kappa shape index (κ1) is 27.1. The molecular weight excluding hydrogens is 483 g/mol. The number of methoxy groups -OCH3 is 3. The van der Waals surface area contributed by atoms with Crippen LogP contribution in [0.15, 0.2) is 66.7 Å². The van der Waals surface area contributed by atoms with Crippen molar-refractivity contribution in [2.45, 2.75) is 31.4 Å². The van der Waals surface area contributed by atoms with Gasteiger partial charge in [0, 0.05) is 25.8 Å². The molecule has 0 aliphatic rings. The van der Waals surface area contributed by atoms with Crippen molar-refractivity contribution < 1.29 is 27.0 Å². The van der Waals surface area contributed by atoms with Gasteiger partial charge < -0.3 is 14.2 Å². The molecule has 0 fully saturated rings. The highest BCUT2D eigenvalue weighted by Gasteiger charge is 2.37. The minimum atomic E-state index is -3.98. The summed E-state index contributed by atoms with van der Waals surface area (Å²) < 4.78 is 59.0. The lowest BCUT2D eigenvalue weighted by Crippen LogP contribution is -2.40. The summed E-state index contributed by atoms with van der Waals surface area (Å²) in [5, 5.41) is 8.43. The number of hydrogen-bond donors (Lipinski definition) is 0. The number of ether oxygens (including phenoxy) is 3. The molecule has 0 unspecified atom stereocenters. The van der Waals surface area contributed by atoms with E-state index < -0.39 is 27.2 Å². The van der Waals surface area contributed by atoms with Crippen molar-refractivity contribution in [2.24, 2.45) is 0 Å². The molecule has 190 valence electrons. The zero-order valence-electron chi connectivity index (χ0n) is 20.6. The molecule has 36 heavy (non-hydrogen) atoms. The van der Waals surface area contributed by atoms with Crippen molar-refractivity contribution in [2.75, 3.05) is 21.3 Å². The van der Waals surface area contributed by atoms with E-state index in [4.69, 9.17) is 14.2 Å². The fourth-order valence-corrected chi connectivity index (χ4v) is 5.64. The fraction of sp³-hybridized carbons (Fsp3) is 0.296. The number of nitrogens with zero attached hydrogens (tertiary/aromatic N) is 2. The summed E-state index contributed by atoms with van der Waals surface area (Å²) in [6.07, 6.45) is -0.987. The van der Waals surface area contributed by atoms with Gasteiger partial charge in [0.15, 0.2) is 0 Å². The van der Waals surface area contributed by atoms with E-state index in [-0.39, 0.29) is 18.7 Å². The summed E-state index contributed by atoms with van der Waals surface area (Å²) in [5.41, 5.74) is 1.88. The number of benzene rings is 3. The molecule has 0 aliphatic carbocycles. The molecule has 0 N–H and O–H groups in total. The molecule has 0 saturated heterocycles. The average molecular weight is 513 g/mol. The van der Waals surface area contributed by atoms with Gasteiger partial charge in [-0.05, 0) is 54.4 Å². The Morgan fingerprint density at radius 3 is 1.81 bits per heavy atom. The van der Waals surface area contributed by atoms with Gasteiger partial charge in [0.2, 0.25) is 10.0 Å². The van der Waals surface area contributed by atoms with Gasteiger partial charge in [0.25, 0.3) is 0 Å². The number of halogens is 1. The Bertz CT molecular complexity index is 1260. The monoisotopic (exact) mass is 512 g/mol. The van der Waals surface area contributed by atoms with Gasteiger partial charge in [-0.2, -0.15) is 9.57 Å². The molecule has 3 aromatic carbocycles. The van der Waals surface area contributed by atoms with Crippen LogP contribution in [0.3, 0.4) is 0 Å². The molecule has 0 heterocycles. The Morgan fingerprint density at radius 2 is 1.39 bits per heavy atom. The molecule has 2 atom stereocenters. The Hall–Kier alpha value is -3.45. The highest BCUT2D eigenvalue weighted by atomic mass is 32.2. The molecule has 3 rings (SSSR count). The third-order valence-corrected chi connectivity index (χ3v) is 8.15. The normalized spacial score (nSPS) is 13.1. The Morgan fingerprint density at radius 1 is 0.889 bits per heavy atom. The van der Waals surface area contributed by atoms with Gasteiger partial charge in [-0.1, -0.05) is 30.3 Å². The largest absolute Gasteiger partial charge is 0.497 e. The minimum absolute atomic E-state index is 0.0285. The Labute approximate surface area is 211 Å². The van der Waals surface area contributed by atoms with Crippen LogP contribution in [0.2, 0.25) is 0 Å². The standard InChI is InChI=1S/C27H29FN2O5S/c1-19(27(35-4)26-14-9-23(28)15-22(26)16-29)36(31,32)30(17-20-5-10-24(33-2)11-6-20)18-21-7-12-25(34-3)13-8-21/h5-15,19,27H,17-18H2,1-4H3/t19-,27+/m0/s1. The lowest BCUT2D eigenvalue weighted by atomic mass is 10.0. The molecule has 0 spiro atoms. The van der Waals surface area contributed by atoms with Crippen molar-refractivity contribution in [3.05, 3.63) is 94.8 Å². The Balaban J connectivity index is 1.99. The highest BCUT2D eigenvalue weighted by Crippen LogP contribution is 2.31. The number of nitriles is 1. The van der Waals surface area contributed by atoms with E-state index >= 15 is 0 Å². The summed E-state index contributed by atoms with van der Waals surface area (Å²) in [7, 11) is 0.518.